The molecule has 0 spiro atoms. The van der Waals surface area contributed by atoms with Gasteiger partial charge in [0, 0.05) is 25.9 Å². The minimum absolute atomic E-state index is 0.299. The lowest BCUT2D eigenvalue weighted by Gasteiger charge is -2.24. The molecule has 2 N–H and O–H groups in total. The number of nitrogens with one attached hydrogen (secondary N) is 2. The number of sulfone groups is 1. The quantitative estimate of drug-likeness (QED) is 0.808. The Morgan fingerprint density at radius 3 is 2.56 bits per heavy atom. The van der Waals surface area contributed by atoms with Crippen molar-refractivity contribution in [2.24, 2.45) is 0 Å². The summed E-state index contributed by atoms with van der Waals surface area (Å²) in [5.41, 5.74) is 0. The van der Waals surface area contributed by atoms with Gasteiger partial charge in [-0.3, -0.25) is 0 Å². The van der Waals surface area contributed by atoms with Crippen molar-refractivity contribution in [3.05, 3.63) is 24.3 Å². The highest BCUT2D eigenvalue weighted by Gasteiger charge is 2.12. The zero-order valence-electron chi connectivity index (χ0n) is 10.3. The zero-order chi connectivity index (χ0) is 13.0. The van der Waals surface area contributed by atoms with Crippen LogP contribution >= 0.6 is 0 Å². The smallest absolute Gasteiger partial charge is 0.175 e. The predicted molar refractivity (Wildman–Crippen MR) is 69.7 cm³/mol. The first-order valence-corrected chi connectivity index (χ1v) is 7.82. The molecular weight excluding hydrogens is 252 g/mol. The van der Waals surface area contributed by atoms with Crippen LogP contribution < -0.4 is 15.4 Å². The lowest BCUT2D eigenvalue weighted by atomic mass is 10.2. The van der Waals surface area contributed by atoms with Crippen LogP contribution in [-0.4, -0.2) is 47.0 Å². The van der Waals surface area contributed by atoms with Crippen molar-refractivity contribution in [2.75, 3.05) is 32.5 Å². The fourth-order valence-corrected chi connectivity index (χ4v) is 2.44. The van der Waals surface area contributed by atoms with Crippen LogP contribution in [0, 0.1) is 0 Å². The largest absolute Gasteiger partial charge is 0.492 e. The van der Waals surface area contributed by atoms with E-state index in [-0.39, 0.29) is 0 Å². The van der Waals surface area contributed by atoms with Crippen LogP contribution in [0.25, 0.3) is 0 Å². The molecular formula is C12H18N2O3S. The number of piperazine rings is 1. The van der Waals surface area contributed by atoms with Crippen LogP contribution in [0.3, 0.4) is 0 Å². The Kier molecular flexibility index (Phi) is 4.21. The van der Waals surface area contributed by atoms with Crippen molar-refractivity contribution in [2.45, 2.75) is 10.9 Å². The maximum absolute atomic E-state index is 11.3. The van der Waals surface area contributed by atoms with Gasteiger partial charge in [-0.2, -0.15) is 0 Å². The summed E-state index contributed by atoms with van der Waals surface area (Å²) in [6.07, 6.45) is 1.19. The molecule has 0 bridgehead atoms. The summed E-state index contributed by atoms with van der Waals surface area (Å²) >= 11 is 0. The van der Waals surface area contributed by atoms with E-state index in [1.807, 2.05) is 0 Å². The summed E-state index contributed by atoms with van der Waals surface area (Å²) in [7, 11) is -3.13. The first kappa shape index (κ1) is 13.3. The molecule has 0 aliphatic carbocycles. The van der Waals surface area contributed by atoms with Crippen molar-refractivity contribution in [1.82, 2.24) is 10.6 Å². The van der Waals surface area contributed by atoms with Crippen LogP contribution in [0.4, 0.5) is 0 Å². The maximum Gasteiger partial charge on any atom is 0.175 e. The molecule has 0 amide bonds. The summed E-state index contributed by atoms with van der Waals surface area (Å²) in [5, 5.41) is 6.62. The fourth-order valence-electron chi connectivity index (χ4n) is 1.81. The van der Waals surface area contributed by atoms with Gasteiger partial charge in [-0.1, -0.05) is 0 Å². The maximum atomic E-state index is 11.3. The Morgan fingerprint density at radius 1 is 1.28 bits per heavy atom. The first-order chi connectivity index (χ1) is 8.55. The van der Waals surface area contributed by atoms with E-state index in [2.05, 4.69) is 10.6 Å². The van der Waals surface area contributed by atoms with E-state index in [4.69, 9.17) is 4.74 Å². The van der Waals surface area contributed by atoms with E-state index >= 15 is 0 Å². The third-order valence-corrected chi connectivity index (χ3v) is 3.96. The lowest BCUT2D eigenvalue weighted by Crippen LogP contribution is -2.50. The Morgan fingerprint density at radius 2 is 2.00 bits per heavy atom. The first-order valence-electron chi connectivity index (χ1n) is 5.93. The fraction of sp³-hybridized carbons (Fsp3) is 0.500. The number of hydrogen-bond donors (Lipinski definition) is 2. The Balaban J connectivity index is 1.90. The molecule has 1 heterocycles. The summed E-state index contributed by atoms with van der Waals surface area (Å²) in [5.74, 6) is 0.690. The van der Waals surface area contributed by atoms with Crippen LogP contribution in [0.15, 0.2) is 29.2 Å². The van der Waals surface area contributed by atoms with Crippen molar-refractivity contribution in [1.29, 1.82) is 0 Å². The van der Waals surface area contributed by atoms with Crippen LogP contribution in [-0.2, 0) is 9.84 Å². The molecule has 6 heteroatoms. The highest BCUT2D eigenvalue weighted by molar-refractivity contribution is 7.90. The molecule has 1 saturated heterocycles. The molecule has 2 rings (SSSR count). The Hall–Kier alpha value is -1.11. The molecule has 100 valence electrons. The van der Waals surface area contributed by atoms with E-state index in [1.54, 1.807) is 24.3 Å². The minimum Gasteiger partial charge on any atom is -0.492 e. The van der Waals surface area contributed by atoms with Gasteiger partial charge in [0.15, 0.2) is 9.84 Å². The topological polar surface area (TPSA) is 67.4 Å². The van der Waals surface area contributed by atoms with Gasteiger partial charge in [-0.25, -0.2) is 8.42 Å². The average molecular weight is 270 g/mol. The Labute approximate surface area is 107 Å². The van der Waals surface area contributed by atoms with Gasteiger partial charge < -0.3 is 15.4 Å². The van der Waals surface area contributed by atoms with E-state index in [1.165, 1.54) is 6.26 Å². The molecule has 0 aromatic heterocycles. The highest BCUT2D eigenvalue weighted by atomic mass is 32.2. The standard InChI is InChI=1S/C12H18N2O3S/c1-18(15,16)12-4-2-11(3-5-12)17-9-10-8-13-6-7-14-10/h2-5,10,13-14H,6-9H2,1H3/t10-/m0/s1. The number of rotatable bonds is 4. The van der Waals surface area contributed by atoms with Gasteiger partial charge in [0.2, 0.25) is 0 Å². The molecule has 1 aliphatic rings. The Bertz CT molecular complexity index is 479. The highest BCUT2D eigenvalue weighted by Crippen LogP contribution is 2.15. The van der Waals surface area contributed by atoms with Crippen LogP contribution in [0.2, 0.25) is 0 Å². The number of benzene rings is 1. The average Bonchev–Trinajstić information content (AvgIpc) is 2.37. The molecule has 18 heavy (non-hydrogen) atoms. The predicted octanol–water partition coefficient (Wildman–Crippen LogP) is 0.0303. The molecule has 1 aliphatic heterocycles. The van der Waals surface area contributed by atoms with Gasteiger partial charge in [0.1, 0.15) is 12.4 Å². The summed E-state index contributed by atoms with van der Waals surface area (Å²) in [6, 6.07) is 6.81. The van der Waals surface area contributed by atoms with E-state index in [0.717, 1.165) is 19.6 Å². The SMILES string of the molecule is CS(=O)(=O)c1ccc(OC[C@@H]2CNCCN2)cc1. The van der Waals surface area contributed by atoms with Crippen molar-refractivity contribution in [3.63, 3.8) is 0 Å². The minimum atomic E-state index is -3.13. The lowest BCUT2D eigenvalue weighted by molar-refractivity contribution is 0.247. The molecule has 1 atom stereocenters. The van der Waals surface area contributed by atoms with Crippen LogP contribution in [0.5, 0.6) is 5.75 Å². The third-order valence-electron chi connectivity index (χ3n) is 2.83. The van der Waals surface area contributed by atoms with Crippen molar-refractivity contribution >= 4 is 9.84 Å². The normalized spacial score (nSPS) is 20.6. The second-order valence-corrected chi connectivity index (χ2v) is 6.43. The zero-order valence-corrected chi connectivity index (χ0v) is 11.2. The van der Waals surface area contributed by atoms with E-state index in [9.17, 15) is 8.42 Å². The summed E-state index contributed by atoms with van der Waals surface area (Å²) in [6.45, 7) is 3.40. The molecule has 5 nitrogen and oxygen atoms in total. The monoisotopic (exact) mass is 270 g/mol. The van der Waals surface area contributed by atoms with Gasteiger partial charge in [0.25, 0.3) is 0 Å². The number of ether oxygens (including phenoxy) is 1. The summed E-state index contributed by atoms with van der Waals surface area (Å²) in [4.78, 5) is 0.312. The van der Waals surface area contributed by atoms with Gasteiger partial charge in [-0.05, 0) is 24.3 Å². The second-order valence-electron chi connectivity index (χ2n) is 4.41. The number of hydrogen-bond acceptors (Lipinski definition) is 5. The van der Waals surface area contributed by atoms with Crippen molar-refractivity contribution in [3.8, 4) is 5.75 Å². The summed E-state index contributed by atoms with van der Waals surface area (Å²) < 4.78 is 28.2. The molecule has 1 aromatic carbocycles. The second kappa shape index (κ2) is 5.69. The van der Waals surface area contributed by atoms with Crippen LogP contribution in [0.1, 0.15) is 0 Å². The molecule has 0 unspecified atom stereocenters. The van der Waals surface area contributed by atoms with E-state index < -0.39 is 9.84 Å². The van der Waals surface area contributed by atoms with Gasteiger partial charge in [0.05, 0.1) is 10.9 Å². The van der Waals surface area contributed by atoms with Gasteiger partial charge >= 0.3 is 0 Å². The van der Waals surface area contributed by atoms with Crippen molar-refractivity contribution < 1.29 is 13.2 Å². The molecule has 1 fully saturated rings. The molecule has 1 aromatic rings. The third kappa shape index (κ3) is 3.69. The molecule has 0 radical (unpaired) electrons. The molecule has 0 saturated carbocycles. The van der Waals surface area contributed by atoms with Gasteiger partial charge in [-0.15, -0.1) is 0 Å². The van der Waals surface area contributed by atoms with E-state index in [0.29, 0.717) is 23.3 Å².